The van der Waals surface area contributed by atoms with Gasteiger partial charge in [-0.2, -0.15) is 0 Å². The SMILES string of the molecule is CCCN(CC(=O)NC)Cc1ccc(C(=O)O)c(F)c1. The first kappa shape index (κ1) is 16.1. The summed E-state index contributed by atoms with van der Waals surface area (Å²) in [5, 5.41) is 11.3. The summed E-state index contributed by atoms with van der Waals surface area (Å²) in [6.45, 7) is 3.32. The zero-order valence-electron chi connectivity index (χ0n) is 11.6. The summed E-state index contributed by atoms with van der Waals surface area (Å²) in [7, 11) is 1.56. The maximum absolute atomic E-state index is 13.6. The van der Waals surface area contributed by atoms with Gasteiger partial charge < -0.3 is 10.4 Å². The molecule has 1 aromatic rings. The predicted molar refractivity (Wildman–Crippen MR) is 73.0 cm³/mol. The van der Waals surface area contributed by atoms with E-state index >= 15 is 0 Å². The first-order valence-corrected chi connectivity index (χ1v) is 6.42. The molecule has 0 aliphatic rings. The number of carboxylic acid groups (broad SMARTS) is 1. The fourth-order valence-corrected chi connectivity index (χ4v) is 1.90. The van der Waals surface area contributed by atoms with Crippen LogP contribution in [0.15, 0.2) is 18.2 Å². The summed E-state index contributed by atoms with van der Waals surface area (Å²) in [4.78, 5) is 24.0. The third kappa shape index (κ3) is 4.62. The van der Waals surface area contributed by atoms with Gasteiger partial charge in [-0.15, -0.1) is 0 Å². The molecule has 5 nitrogen and oxygen atoms in total. The highest BCUT2D eigenvalue weighted by molar-refractivity contribution is 5.87. The molecule has 0 unspecified atom stereocenters. The summed E-state index contributed by atoms with van der Waals surface area (Å²) in [5.74, 6) is -2.16. The minimum absolute atomic E-state index is 0.110. The summed E-state index contributed by atoms with van der Waals surface area (Å²) in [5.41, 5.74) is 0.298. The topological polar surface area (TPSA) is 69.6 Å². The lowest BCUT2D eigenvalue weighted by Crippen LogP contribution is -2.35. The summed E-state index contributed by atoms with van der Waals surface area (Å²) in [6.07, 6.45) is 0.868. The lowest BCUT2D eigenvalue weighted by atomic mass is 10.1. The van der Waals surface area contributed by atoms with Gasteiger partial charge in [0.1, 0.15) is 5.82 Å². The number of amides is 1. The Kier molecular flexibility index (Phi) is 6.11. The van der Waals surface area contributed by atoms with E-state index in [2.05, 4.69) is 5.32 Å². The highest BCUT2D eigenvalue weighted by Crippen LogP contribution is 2.12. The van der Waals surface area contributed by atoms with Crippen LogP contribution in [0.25, 0.3) is 0 Å². The van der Waals surface area contributed by atoms with Crippen molar-refractivity contribution in [3.8, 4) is 0 Å². The number of carbonyl (C=O) groups excluding carboxylic acids is 1. The van der Waals surface area contributed by atoms with Gasteiger partial charge in [-0.3, -0.25) is 9.69 Å². The number of hydrogen-bond donors (Lipinski definition) is 2. The van der Waals surface area contributed by atoms with Crippen LogP contribution in [0.5, 0.6) is 0 Å². The van der Waals surface area contributed by atoms with Crippen molar-refractivity contribution in [2.75, 3.05) is 20.1 Å². The van der Waals surface area contributed by atoms with Crippen molar-refractivity contribution in [1.29, 1.82) is 0 Å². The van der Waals surface area contributed by atoms with Crippen molar-refractivity contribution in [3.05, 3.63) is 35.1 Å². The fourth-order valence-electron chi connectivity index (χ4n) is 1.90. The van der Waals surface area contributed by atoms with E-state index in [0.717, 1.165) is 6.42 Å². The van der Waals surface area contributed by atoms with E-state index in [4.69, 9.17) is 5.11 Å². The van der Waals surface area contributed by atoms with Gasteiger partial charge in [-0.1, -0.05) is 13.0 Å². The normalized spacial score (nSPS) is 10.6. The first-order chi connectivity index (χ1) is 9.47. The highest BCUT2D eigenvalue weighted by Gasteiger charge is 2.13. The van der Waals surface area contributed by atoms with E-state index in [9.17, 15) is 14.0 Å². The standard InChI is InChI=1S/C14H19FN2O3/c1-3-6-17(9-13(18)16-2)8-10-4-5-11(14(19)20)12(15)7-10/h4-5,7H,3,6,8-9H2,1-2H3,(H,16,18)(H,19,20). The number of aromatic carboxylic acids is 1. The van der Waals surface area contributed by atoms with Crippen LogP contribution in [-0.4, -0.2) is 42.0 Å². The highest BCUT2D eigenvalue weighted by atomic mass is 19.1. The summed E-state index contributed by atoms with van der Waals surface area (Å²) >= 11 is 0. The second-order valence-corrected chi connectivity index (χ2v) is 4.50. The average molecular weight is 282 g/mol. The van der Waals surface area contributed by atoms with Crippen LogP contribution in [0.2, 0.25) is 0 Å². The Morgan fingerprint density at radius 3 is 2.60 bits per heavy atom. The summed E-state index contributed by atoms with van der Waals surface area (Å²) < 4.78 is 13.6. The molecular formula is C14H19FN2O3. The molecule has 1 amide bonds. The molecule has 0 aliphatic carbocycles. The van der Waals surface area contributed by atoms with Gasteiger partial charge in [-0.05, 0) is 30.7 Å². The molecule has 2 N–H and O–H groups in total. The number of nitrogens with one attached hydrogen (secondary N) is 1. The Morgan fingerprint density at radius 1 is 1.40 bits per heavy atom. The van der Waals surface area contributed by atoms with Gasteiger partial charge in [0.15, 0.2) is 0 Å². The van der Waals surface area contributed by atoms with Gasteiger partial charge in [0.2, 0.25) is 5.91 Å². The number of nitrogens with zero attached hydrogens (tertiary/aromatic N) is 1. The van der Waals surface area contributed by atoms with E-state index in [1.165, 1.54) is 12.1 Å². The number of rotatable bonds is 7. The quantitative estimate of drug-likeness (QED) is 0.795. The van der Waals surface area contributed by atoms with Gasteiger partial charge in [0.25, 0.3) is 0 Å². The molecule has 0 spiro atoms. The number of carboxylic acids is 1. The van der Waals surface area contributed by atoms with E-state index in [1.807, 2.05) is 11.8 Å². The molecule has 6 heteroatoms. The smallest absolute Gasteiger partial charge is 0.338 e. The Labute approximate surface area is 117 Å². The van der Waals surface area contributed by atoms with Crippen LogP contribution in [0.4, 0.5) is 4.39 Å². The van der Waals surface area contributed by atoms with Crippen molar-refractivity contribution in [1.82, 2.24) is 10.2 Å². The van der Waals surface area contributed by atoms with Gasteiger partial charge in [-0.25, -0.2) is 9.18 Å². The van der Waals surface area contributed by atoms with Crippen LogP contribution in [0.1, 0.15) is 29.3 Å². The van der Waals surface area contributed by atoms with Crippen molar-refractivity contribution in [3.63, 3.8) is 0 Å². The lowest BCUT2D eigenvalue weighted by molar-refractivity contribution is -0.121. The number of likely N-dealkylation sites (N-methyl/N-ethyl adjacent to an activating group) is 1. The molecular weight excluding hydrogens is 263 g/mol. The molecule has 20 heavy (non-hydrogen) atoms. The molecule has 0 fully saturated rings. The molecule has 0 saturated heterocycles. The predicted octanol–water partition coefficient (Wildman–Crippen LogP) is 1.48. The van der Waals surface area contributed by atoms with Crippen molar-refractivity contribution < 1.29 is 19.1 Å². The second kappa shape index (κ2) is 7.59. The molecule has 0 bridgehead atoms. The monoisotopic (exact) mass is 282 g/mol. The molecule has 110 valence electrons. The minimum Gasteiger partial charge on any atom is -0.478 e. The number of carbonyl (C=O) groups is 2. The maximum atomic E-state index is 13.6. The molecule has 1 aromatic carbocycles. The van der Waals surface area contributed by atoms with Gasteiger partial charge in [0, 0.05) is 13.6 Å². The zero-order chi connectivity index (χ0) is 15.1. The van der Waals surface area contributed by atoms with Crippen molar-refractivity contribution in [2.45, 2.75) is 19.9 Å². The van der Waals surface area contributed by atoms with Crippen molar-refractivity contribution in [2.24, 2.45) is 0 Å². The third-order valence-corrected chi connectivity index (χ3v) is 2.86. The Balaban J connectivity index is 2.80. The summed E-state index contributed by atoms with van der Waals surface area (Å²) in [6, 6.07) is 4.02. The lowest BCUT2D eigenvalue weighted by Gasteiger charge is -2.20. The molecule has 0 aliphatic heterocycles. The molecule has 0 heterocycles. The molecule has 0 atom stereocenters. The molecule has 0 radical (unpaired) electrons. The van der Waals surface area contributed by atoms with Crippen LogP contribution in [-0.2, 0) is 11.3 Å². The zero-order valence-corrected chi connectivity index (χ0v) is 11.6. The van der Waals surface area contributed by atoms with E-state index in [-0.39, 0.29) is 18.0 Å². The van der Waals surface area contributed by atoms with Crippen LogP contribution >= 0.6 is 0 Å². The Bertz CT molecular complexity index is 491. The van der Waals surface area contributed by atoms with E-state index in [0.29, 0.717) is 18.7 Å². The van der Waals surface area contributed by atoms with Crippen LogP contribution in [0.3, 0.4) is 0 Å². The molecule has 0 aromatic heterocycles. The van der Waals surface area contributed by atoms with Crippen LogP contribution in [0, 0.1) is 5.82 Å². The third-order valence-electron chi connectivity index (χ3n) is 2.86. The maximum Gasteiger partial charge on any atom is 0.338 e. The van der Waals surface area contributed by atoms with E-state index < -0.39 is 11.8 Å². The first-order valence-electron chi connectivity index (χ1n) is 6.42. The molecule has 0 saturated carbocycles. The largest absolute Gasteiger partial charge is 0.478 e. The van der Waals surface area contributed by atoms with Crippen molar-refractivity contribution >= 4 is 11.9 Å². The van der Waals surface area contributed by atoms with Crippen LogP contribution < -0.4 is 5.32 Å². The Hall–Kier alpha value is -1.95. The Morgan fingerprint density at radius 2 is 2.10 bits per heavy atom. The second-order valence-electron chi connectivity index (χ2n) is 4.50. The number of halogens is 1. The minimum atomic E-state index is -1.29. The fraction of sp³-hybridized carbons (Fsp3) is 0.429. The van der Waals surface area contributed by atoms with E-state index in [1.54, 1.807) is 13.1 Å². The van der Waals surface area contributed by atoms with Gasteiger partial charge >= 0.3 is 5.97 Å². The molecule has 1 rings (SSSR count). The number of hydrogen-bond acceptors (Lipinski definition) is 3. The number of benzene rings is 1. The average Bonchev–Trinajstić information content (AvgIpc) is 2.38. The van der Waals surface area contributed by atoms with Gasteiger partial charge in [0.05, 0.1) is 12.1 Å².